The van der Waals surface area contributed by atoms with E-state index in [0.29, 0.717) is 0 Å². The zero-order valence-electron chi connectivity index (χ0n) is 16.9. The Morgan fingerprint density at radius 3 is 2.40 bits per heavy atom. The number of nitrogens with zero attached hydrogens (tertiary/aromatic N) is 6. The van der Waals surface area contributed by atoms with Crippen molar-refractivity contribution in [2.24, 2.45) is 0 Å². The fourth-order valence-electron chi connectivity index (χ4n) is 4.88. The van der Waals surface area contributed by atoms with Crippen LogP contribution in [0.2, 0.25) is 0 Å². The van der Waals surface area contributed by atoms with Crippen molar-refractivity contribution in [2.45, 2.75) is 25.7 Å². The maximum Gasteiger partial charge on any atom is 0.172 e. The predicted molar refractivity (Wildman–Crippen MR) is 123 cm³/mol. The third kappa shape index (κ3) is 3.28. The SMILES string of the molecule is C1CCc2c(c(N3CCOCC3)nc3sc4c(N5CCNCC5)nnnc4c23)C1.Cl. The van der Waals surface area contributed by atoms with Crippen LogP contribution in [-0.4, -0.2) is 72.9 Å². The monoisotopic (exact) mass is 447 g/mol. The van der Waals surface area contributed by atoms with Crippen molar-refractivity contribution in [3.05, 3.63) is 11.1 Å². The molecule has 30 heavy (non-hydrogen) atoms. The number of fused-ring (bicyclic) bond motifs is 5. The minimum Gasteiger partial charge on any atom is -0.378 e. The van der Waals surface area contributed by atoms with Gasteiger partial charge in [0.15, 0.2) is 5.82 Å². The maximum absolute atomic E-state index is 5.58. The highest BCUT2D eigenvalue weighted by atomic mass is 35.5. The molecular weight excluding hydrogens is 422 g/mol. The van der Waals surface area contributed by atoms with Crippen LogP contribution < -0.4 is 15.1 Å². The highest BCUT2D eigenvalue weighted by molar-refractivity contribution is 7.26. The van der Waals surface area contributed by atoms with Crippen molar-refractivity contribution >= 4 is 55.8 Å². The average molecular weight is 448 g/mol. The second-order valence-corrected chi connectivity index (χ2v) is 9.01. The van der Waals surface area contributed by atoms with Crippen molar-refractivity contribution < 1.29 is 4.74 Å². The van der Waals surface area contributed by atoms with Crippen LogP contribution in [0, 0.1) is 0 Å². The molecule has 10 heteroatoms. The minimum atomic E-state index is 0. The number of thiophene rings is 1. The summed E-state index contributed by atoms with van der Waals surface area (Å²) < 4.78 is 6.72. The molecule has 0 aromatic carbocycles. The minimum absolute atomic E-state index is 0. The first-order valence-electron chi connectivity index (χ1n) is 10.7. The van der Waals surface area contributed by atoms with Gasteiger partial charge in [-0.1, -0.05) is 0 Å². The van der Waals surface area contributed by atoms with E-state index in [9.17, 15) is 0 Å². The van der Waals surface area contributed by atoms with Gasteiger partial charge in [-0.25, -0.2) is 4.98 Å². The van der Waals surface area contributed by atoms with Crippen molar-refractivity contribution in [1.29, 1.82) is 0 Å². The lowest BCUT2D eigenvalue weighted by Gasteiger charge is -2.31. The molecule has 0 atom stereocenters. The standard InChI is InChI=1S/C20H25N7OS.ClH/c1-2-4-14-13(3-1)15-16-17(19(24-25-23-16)26-7-5-21-6-8-26)29-20(15)22-18(14)27-9-11-28-12-10-27;/h21H,1-12H2;1H. The Hall–Kier alpha value is -1.81. The first-order chi connectivity index (χ1) is 14.4. The Bertz CT molecular complexity index is 1060. The molecule has 5 heterocycles. The topological polar surface area (TPSA) is 79.3 Å². The van der Waals surface area contributed by atoms with E-state index in [2.05, 4.69) is 30.5 Å². The number of halogens is 1. The van der Waals surface area contributed by atoms with Gasteiger partial charge >= 0.3 is 0 Å². The van der Waals surface area contributed by atoms with E-state index < -0.39 is 0 Å². The lowest BCUT2D eigenvalue weighted by Crippen LogP contribution is -2.44. The lowest BCUT2D eigenvalue weighted by atomic mass is 9.90. The molecule has 0 amide bonds. The number of aromatic nitrogens is 4. The molecule has 0 unspecified atom stereocenters. The Morgan fingerprint density at radius 1 is 0.867 bits per heavy atom. The number of pyridine rings is 1. The molecule has 3 aromatic heterocycles. The highest BCUT2D eigenvalue weighted by Crippen LogP contribution is 2.43. The lowest BCUT2D eigenvalue weighted by molar-refractivity contribution is 0.122. The number of anilines is 2. The second-order valence-electron chi connectivity index (χ2n) is 8.01. The van der Waals surface area contributed by atoms with Crippen LogP contribution in [0.5, 0.6) is 0 Å². The molecule has 3 aromatic rings. The van der Waals surface area contributed by atoms with Gasteiger partial charge in [-0.15, -0.1) is 33.9 Å². The van der Waals surface area contributed by atoms with Crippen LogP contribution in [0.25, 0.3) is 20.4 Å². The predicted octanol–water partition coefficient (Wildman–Crippen LogP) is 2.18. The number of morpholine rings is 1. The third-order valence-electron chi connectivity index (χ3n) is 6.33. The van der Waals surface area contributed by atoms with Crippen LogP contribution in [0.1, 0.15) is 24.0 Å². The van der Waals surface area contributed by atoms with Crippen LogP contribution in [-0.2, 0) is 17.6 Å². The molecule has 6 rings (SSSR count). The molecule has 0 bridgehead atoms. The van der Waals surface area contributed by atoms with E-state index >= 15 is 0 Å². The van der Waals surface area contributed by atoms with Gasteiger partial charge in [0.05, 0.1) is 13.2 Å². The van der Waals surface area contributed by atoms with E-state index in [-0.39, 0.29) is 12.4 Å². The zero-order valence-corrected chi connectivity index (χ0v) is 18.5. The summed E-state index contributed by atoms with van der Waals surface area (Å²) in [5.41, 5.74) is 3.86. The molecule has 3 aliphatic rings. The van der Waals surface area contributed by atoms with Gasteiger partial charge in [0.25, 0.3) is 0 Å². The fourth-order valence-corrected chi connectivity index (χ4v) is 6.02. The number of hydrogen-bond donors (Lipinski definition) is 1. The van der Waals surface area contributed by atoms with E-state index in [4.69, 9.17) is 9.72 Å². The highest BCUT2D eigenvalue weighted by Gasteiger charge is 2.27. The average Bonchev–Trinajstić information content (AvgIpc) is 3.18. The Morgan fingerprint density at radius 2 is 1.60 bits per heavy atom. The van der Waals surface area contributed by atoms with Gasteiger partial charge < -0.3 is 19.9 Å². The normalized spacial score (nSPS) is 19.7. The summed E-state index contributed by atoms with van der Waals surface area (Å²) in [5, 5.41) is 17.8. The number of nitrogens with one attached hydrogen (secondary N) is 1. The molecule has 160 valence electrons. The third-order valence-corrected chi connectivity index (χ3v) is 7.39. The smallest absolute Gasteiger partial charge is 0.172 e. The van der Waals surface area contributed by atoms with E-state index in [0.717, 1.165) is 86.2 Å². The summed E-state index contributed by atoms with van der Waals surface area (Å²) >= 11 is 1.74. The Labute approximate surface area is 185 Å². The largest absolute Gasteiger partial charge is 0.378 e. The molecule has 1 aliphatic carbocycles. The number of aryl methyl sites for hydroxylation is 1. The van der Waals surface area contributed by atoms with Gasteiger partial charge in [0.1, 0.15) is 20.9 Å². The molecule has 2 fully saturated rings. The molecule has 0 spiro atoms. The molecule has 8 nitrogen and oxygen atoms in total. The van der Waals surface area contributed by atoms with Crippen LogP contribution in [0.3, 0.4) is 0 Å². The second kappa shape index (κ2) is 8.37. The number of piperazine rings is 1. The van der Waals surface area contributed by atoms with Crippen LogP contribution in [0.15, 0.2) is 0 Å². The molecule has 2 aliphatic heterocycles. The van der Waals surface area contributed by atoms with Gasteiger partial charge in [-0.3, -0.25) is 0 Å². The van der Waals surface area contributed by atoms with E-state index in [1.54, 1.807) is 11.3 Å². The number of rotatable bonds is 2. The summed E-state index contributed by atoms with van der Waals surface area (Å²) in [5.74, 6) is 2.14. The summed E-state index contributed by atoms with van der Waals surface area (Å²) in [6.07, 6.45) is 4.67. The summed E-state index contributed by atoms with van der Waals surface area (Å²) in [4.78, 5) is 11.0. The molecule has 0 saturated carbocycles. The maximum atomic E-state index is 5.58. The summed E-state index contributed by atoms with van der Waals surface area (Å²) in [6.45, 7) is 7.26. The summed E-state index contributed by atoms with van der Waals surface area (Å²) in [7, 11) is 0. The first-order valence-corrected chi connectivity index (χ1v) is 11.5. The molecule has 2 saturated heterocycles. The van der Waals surface area contributed by atoms with Crippen molar-refractivity contribution in [1.82, 2.24) is 25.7 Å². The van der Waals surface area contributed by atoms with Crippen LogP contribution >= 0.6 is 23.7 Å². The zero-order chi connectivity index (χ0) is 19.2. The fraction of sp³-hybridized carbons (Fsp3) is 0.600. The van der Waals surface area contributed by atoms with Crippen LogP contribution in [0.4, 0.5) is 11.6 Å². The molecule has 1 N–H and O–H groups in total. The van der Waals surface area contributed by atoms with E-state index in [1.165, 1.54) is 35.2 Å². The quantitative estimate of drug-likeness (QED) is 0.640. The number of ether oxygens (including phenoxy) is 1. The summed E-state index contributed by atoms with van der Waals surface area (Å²) in [6, 6.07) is 0. The van der Waals surface area contributed by atoms with E-state index in [1.807, 2.05) is 0 Å². The first kappa shape index (κ1) is 20.1. The van der Waals surface area contributed by atoms with Gasteiger partial charge in [0, 0.05) is 44.7 Å². The Kier molecular flexibility index (Phi) is 5.61. The molecular formula is C20H26ClN7OS. The van der Waals surface area contributed by atoms with Crippen molar-refractivity contribution in [3.8, 4) is 0 Å². The Balaban J connectivity index is 0.00000193. The van der Waals surface area contributed by atoms with Gasteiger partial charge in [0.2, 0.25) is 0 Å². The van der Waals surface area contributed by atoms with Gasteiger partial charge in [-0.05, 0) is 42.0 Å². The van der Waals surface area contributed by atoms with Gasteiger partial charge in [-0.2, -0.15) is 0 Å². The van der Waals surface area contributed by atoms with Crippen molar-refractivity contribution in [3.63, 3.8) is 0 Å². The number of hydrogen-bond acceptors (Lipinski definition) is 9. The van der Waals surface area contributed by atoms with Crippen molar-refractivity contribution in [2.75, 3.05) is 62.3 Å². The molecule has 0 radical (unpaired) electrons.